The fraction of sp³-hybridized carbons (Fsp3) is 0.357. The molecule has 2 aromatic rings. The lowest BCUT2D eigenvalue weighted by molar-refractivity contribution is 0.101. The summed E-state index contributed by atoms with van der Waals surface area (Å²) in [4.78, 5) is 17.5. The average Bonchev–Trinajstić information content (AvgIpc) is 2.82. The van der Waals surface area contributed by atoms with Crippen LogP contribution in [0.4, 0.5) is 5.69 Å². The van der Waals surface area contributed by atoms with E-state index in [1.54, 1.807) is 24.9 Å². The second-order valence-corrected chi connectivity index (χ2v) is 7.08. The number of nitrogens with zero attached hydrogens (tertiary/aromatic N) is 3. The molecule has 1 heterocycles. The standard InChI is InChI=1S/C14H17N3O4S/c1-9(18)11-5-6-13(22(4,19)20)12(7-11)17(3)8-14-15-10(2)21-16-14/h5-7H,8H2,1-4H3. The van der Waals surface area contributed by atoms with E-state index < -0.39 is 9.84 Å². The lowest BCUT2D eigenvalue weighted by Gasteiger charge is -2.21. The first kappa shape index (κ1) is 16.2. The molecule has 0 aliphatic rings. The van der Waals surface area contributed by atoms with Gasteiger partial charge in [0, 0.05) is 25.8 Å². The summed E-state index contributed by atoms with van der Waals surface area (Å²) in [7, 11) is -1.72. The first-order chi connectivity index (χ1) is 10.2. The van der Waals surface area contributed by atoms with Gasteiger partial charge in [0.2, 0.25) is 5.89 Å². The van der Waals surface area contributed by atoms with Crippen molar-refractivity contribution >= 4 is 21.3 Å². The van der Waals surface area contributed by atoms with Crippen molar-refractivity contribution in [3.63, 3.8) is 0 Å². The predicted octanol–water partition coefficient (Wildman–Crippen LogP) is 1.62. The molecule has 1 aromatic heterocycles. The summed E-state index contributed by atoms with van der Waals surface area (Å²) < 4.78 is 28.8. The van der Waals surface area contributed by atoms with E-state index in [9.17, 15) is 13.2 Å². The second-order valence-electron chi connectivity index (χ2n) is 5.10. The summed E-state index contributed by atoms with van der Waals surface area (Å²) in [6, 6.07) is 4.51. The average molecular weight is 323 g/mol. The lowest BCUT2D eigenvalue weighted by atomic mass is 10.1. The van der Waals surface area contributed by atoms with Crippen LogP contribution >= 0.6 is 0 Å². The van der Waals surface area contributed by atoms with Crippen LogP contribution in [0, 0.1) is 6.92 Å². The van der Waals surface area contributed by atoms with Crippen LogP contribution in [0.25, 0.3) is 0 Å². The van der Waals surface area contributed by atoms with Crippen molar-refractivity contribution in [2.45, 2.75) is 25.3 Å². The number of rotatable bonds is 5. The van der Waals surface area contributed by atoms with Crippen molar-refractivity contribution in [3.05, 3.63) is 35.5 Å². The zero-order valence-corrected chi connectivity index (χ0v) is 13.6. The van der Waals surface area contributed by atoms with Gasteiger partial charge in [-0.2, -0.15) is 4.98 Å². The molecule has 1 aromatic carbocycles. The third-order valence-electron chi connectivity index (χ3n) is 3.12. The molecule has 0 aliphatic heterocycles. The summed E-state index contributed by atoms with van der Waals surface area (Å²) in [5, 5.41) is 3.79. The second kappa shape index (κ2) is 5.88. The van der Waals surface area contributed by atoms with E-state index in [0.29, 0.717) is 23.0 Å². The number of hydrogen-bond donors (Lipinski definition) is 0. The Morgan fingerprint density at radius 2 is 2.05 bits per heavy atom. The van der Waals surface area contributed by atoms with Gasteiger partial charge in [-0.3, -0.25) is 4.79 Å². The Labute approximate surface area is 128 Å². The zero-order chi connectivity index (χ0) is 16.5. The molecule has 0 aliphatic carbocycles. The minimum absolute atomic E-state index is 0.134. The first-order valence-corrected chi connectivity index (χ1v) is 8.43. The molecule has 0 N–H and O–H groups in total. The summed E-state index contributed by atoms with van der Waals surface area (Å²) >= 11 is 0. The largest absolute Gasteiger partial charge is 0.366 e. The molecule has 2 rings (SSSR count). The molecule has 7 nitrogen and oxygen atoms in total. The van der Waals surface area contributed by atoms with Gasteiger partial charge in [0.05, 0.1) is 17.1 Å². The van der Waals surface area contributed by atoms with Gasteiger partial charge in [-0.15, -0.1) is 0 Å². The van der Waals surface area contributed by atoms with E-state index in [2.05, 4.69) is 10.1 Å². The van der Waals surface area contributed by atoms with Crippen molar-refractivity contribution in [1.82, 2.24) is 10.1 Å². The van der Waals surface area contributed by atoms with Crippen molar-refractivity contribution in [2.75, 3.05) is 18.2 Å². The third kappa shape index (κ3) is 3.51. The number of sulfone groups is 1. The predicted molar refractivity (Wildman–Crippen MR) is 80.7 cm³/mol. The van der Waals surface area contributed by atoms with Crippen LogP contribution in [-0.4, -0.2) is 37.6 Å². The van der Waals surface area contributed by atoms with Crippen LogP contribution in [0.1, 0.15) is 29.0 Å². The molecule has 0 saturated heterocycles. The van der Waals surface area contributed by atoms with Crippen LogP contribution in [0.2, 0.25) is 0 Å². The van der Waals surface area contributed by atoms with Gasteiger partial charge in [-0.25, -0.2) is 8.42 Å². The Hall–Kier alpha value is -2.22. The third-order valence-corrected chi connectivity index (χ3v) is 4.27. The van der Waals surface area contributed by atoms with Crippen LogP contribution in [-0.2, 0) is 16.4 Å². The number of anilines is 1. The maximum atomic E-state index is 11.9. The molecular formula is C14H17N3O4S. The summed E-state index contributed by atoms with van der Waals surface area (Å²) in [6.07, 6.45) is 1.13. The van der Waals surface area contributed by atoms with E-state index in [4.69, 9.17) is 4.52 Å². The molecule has 0 radical (unpaired) electrons. The van der Waals surface area contributed by atoms with E-state index in [0.717, 1.165) is 6.26 Å². The smallest absolute Gasteiger partial charge is 0.223 e. The fourth-order valence-corrected chi connectivity index (χ4v) is 2.96. The number of aryl methyl sites for hydroxylation is 1. The molecule has 0 saturated carbocycles. The van der Waals surface area contributed by atoms with E-state index in [-0.39, 0.29) is 17.2 Å². The molecule has 0 atom stereocenters. The number of Topliss-reactive ketones (excluding diaryl/α,β-unsaturated/α-hetero) is 1. The summed E-state index contributed by atoms with van der Waals surface area (Å²) in [5.74, 6) is 0.738. The Bertz CT molecular complexity index is 811. The summed E-state index contributed by atoms with van der Waals surface area (Å²) in [6.45, 7) is 3.37. The number of hydrogen-bond acceptors (Lipinski definition) is 7. The van der Waals surface area contributed by atoms with Gasteiger partial charge in [0.15, 0.2) is 21.4 Å². The van der Waals surface area contributed by atoms with Gasteiger partial charge in [0.25, 0.3) is 0 Å². The highest BCUT2D eigenvalue weighted by molar-refractivity contribution is 7.90. The highest BCUT2D eigenvalue weighted by Gasteiger charge is 2.19. The Morgan fingerprint density at radius 1 is 1.36 bits per heavy atom. The highest BCUT2D eigenvalue weighted by atomic mass is 32.2. The Kier molecular flexibility index (Phi) is 4.32. The van der Waals surface area contributed by atoms with E-state index in [1.807, 2.05) is 0 Å². The van der Waals surface area contributed by atoms with Gasteiger partial charge in [-0.05, 0) is 25.1 Å². The minimum atomic E-state index is -3.43. The molecule has 8 heteroatoms. The molecular weight excluding hydrogens is 306 g/mol. The Morgan fingerprint density at radius 3 is 2.55 bits per heavy atom. The highest BCUT2D eigenvalue weighted by Crippen LogP contribution is 2.27. The van der Waals surface area contributed by atoms with Crippen LogP contribution in [0.5, 0.6) is 0 Å². The number of carbonyl (C=O) groups excluding carboxylic acids is 1. The van der Waals surface area contributed by atoms with Crippen molar-refractivity contribution in [1.29, 1.82) is 0 Å². The van der Waals surface area contributed by atoms with Crippen molar-refractivity contribution < 1.29 is 17.7 Å². The molecule has 0 fully saturated rings. The molecule has 0 amide bonds. The van der Waals surface area contributed by atoms with Crippen molar-refractivity contribution in [3.8, 4) is 0 Å². The van der Waals surface area contributed by atoms with Gasteiger partial charge < -0.3 is 9.42 Å². The van der Waals surface area contributed by atoms with Crippen molar-refractivity contribution in [2.24, 2.45) is 0 Å². The maximum absolute atomic E-state index is 11.9. The van der Waals surface area contributed by atoms with Gasteiger partial charge >= 0.3 is 0 Å². The van der Waals surface area contributed by atoms with Gasteiger partial charge in [0.1, 0.15) is 0 Å². The maximum Gasteiger partial charge on any atom is 0.223 e. The molecule has 0 spiro atoms. The monoisotopic (exact) mass is 323 g/mol. The lowest BCUT2D eigenvalue weighted by Crippen LogP contribution is -2.20. The van der Waals surface area contributed by atoms with Gasteiger partial charge in [-0.1, -0.05) is 5.16 Å². The fourth-order valence-electron chi connectivity index (χ4n) is 2.05. The normalized spacial score (nSPS) is 11.5. The van der Waals surface area contributed by atoms with Crippen LogP contribution < -0.4 is 4.90 Å². The molecule has 0 unspecified atom stereocenters. The van der Waals surface area contributed by atoms with E-state index >= 15 is 0 Å². The molecule has 118 valence electrons. The SMILES string of the molecule is CC(=O)c1ccc(S(C)(=O)=O)c(N(C)Cc2noc(C)n2)c1. The summed E-state index contributed by atoms with van der Waals surface area (Å²) in [5.41, 5.74) is 0.871. The number of ketones is 1. The topological polar surface area (TPSA) is 93.4 Å². The minimum Gasteiger partial charge on any atom is -0.366 e. The zero-order valence-electron chi connectivity index (χ0n) is 12.8. The van der Waals surface area contributed by atoms with Crippen LogP contribution in [0.15, 0.2) is 27.6 Å². The Balaban J connectivity index is 2.45. The molecule has 22 heavy (non-hydrogen) atoms. The number of benzene rings is 1. The molecule has 0 bridgehead atoms. The first-order valence-electron chi connectivity index (χ1n) is 6.54. The number of carbonyl (C=O) groups is 1. The number of aromatic nitrogens is 2. The quantitative estimate of drug-likeness (QED) is 0.772. The van der Waals surface area contributed by atoms with E-state index in [1.165, 1.54) is 19.1 Å². The van der Waals surface area contributed by atoms with Crippen LogP contribution in [0.3, 0.4) is 0 Å².